The normalized spacial score (nSPS) is 10.1. The fourth-order valence-electron chi connectivity index (χ4n) is 0.766. The molecule has 0 aliphatic carbocycles. The monoisotopic (exact) mass is 160 g/mol. The molecule has 12 heavy (non-hydrogen) atoms. The van der Waals surface area contributed by atoms with Gasteiger partial charge in [0.15, 0.2) is 0 Å². The Balaban J connectivity index is 2.64. The van der Waals surface area contributed by atoms with E-state index in [-0.39, 0.29) is 5.91 Å². The first kappa shape index (κ1) is 8.53. The van der Waals surface area contributed by atoms with Gasteiger partial charge in [-0.25, -0.2) is 0 Å². The second-order valence-electron chi connectivity index (χ2n) is 2.28. The van der Waals surface area contributed by atoms with E-state index >= 15 is 0 Å². The number of rotatable bonds is 2. The molecule has 0 atom stereocenters. The molecule has 0 fully saturated rings. The van der Waals surface area contributed by atoms with Crippen LogP contribution >= 0.6 is 0 Å². The van der Waals surface area contributed by atoms with E-state index in [9.17, 15) is 4.79 Å². The summed E-state index contributed by atoms with van der Waals surface area (Å²) in [5.74, 6) is -0.0946. The van der Waals surface area contributed by atoms with Gasteiger partial charge >= 0.3 is 0 Å². The molecule has 1 radical (unpaired) electrons. The Bertz CT molecular complexity index is 277. The average molecular weight is 160 g/mol. The molecule has 0 saturated heterocycles. The van der Waals surface area contributed by atoms with Crippen LogP contribution in [-0.2, 0) is 4.79 Å². The van der Waals surface area contributed by atoms with Crippen molar-refractivity contribution in [2.75, 3.05) is 7.05 Å². The highest BCUT2D eigenvalue weighted by molar-refractivity contribution is 5.91. The van der Waals surface area contributed by atoms with Crippen LogP contribution in [0.1, 0.15) is 5.56 Å². The summed E-state index contributed by atoms with van der Waals surface area (Å²) in [6, 6.07) is 10.3. The van der Waals surface area contributed by atoms with Gasteiger partial charge in [-0.2, -0.15) is 0 Å². The summed E-state index contributed by atoms with van der Waals surface area (Å²) in [7, 11) is 1.60. The molecule has 0 saturated carbocycles. The van der Waals surface area contributed by atoms with Gasteiger partial charge in [-0.3, -0.25) is 4.79 Å². The number of carbonyl (C=O) groups is 1. The molecule has 0 spiro atoms. The summed E-state index contributed by atoms with van der Waals surface area (Å²) in [4.78, 5) is 10.8. The lowest BCUT2D eigenvalue weighted by atomic mass is 10.2. The molecule has 1 aromatic carbocycles. The van der Waals surface area contributed by atoms with Crippen molar-refractivity contribution < 1.29 is 4.79 Å². The smallest absolute Gasteiger partial charge is 0.243 e. The summed E-state index contributed by atoms with van der Waals surface area (Å²) in [6.45, 7) is 0. The molecule has 1 amide bonds. The van der Waals surface area contributed by atoms with Gasteiger partial charge in [-0.05, 0) is 17.7 Å². The van der Waals surface area contributed by atoms with E-state index in [2.05, 4.69) is 11.4 Å². The van der Waals surface area contributed by atoms with Crippen LogP contribution in [0.4, 0.5) is 0 Å². The fourth-order valence-corrected chi connectivity index (χ4v) is 0.766. The minimum Gasteiger partial charge on any atom is -0.356 e. The van der Waals surface area contributed by atoms with Crippen molar-refractivity contribution in [2.24, 2.45) is 0 Å². The molecule has 0 aliphatic rings. The van der Waals surface area contributed by atoms with Gasteiger partial charge < -0.3 is 5.32 Å². The molecule has 0 unspecified atom stereocenters. The first-order valence-corrected chi connectivity index (χ1v) is 3.69. The first-order chi connectivity index (χ1) is 5.83. The SMILES string of the molecule is CNC(=O)C=Cc1cc[c]cc1. The van der Waals surface area contributed by atoms with E-state index in [4.69, 9.17) is 0 Å². The van der Waals surface area contributed by atoms with Crippen molar-refractivity contribution in [1.29, 1.82) is 0 Å². The highest BCUT2D eigenvalue weighted by atomic mass is 16.1. The Morgan fingerprint density at radius 1 is 1.50 bits per heavy atom. The lowest BCUT2D eigenvalue weighted by Crippen LogP contribution is -2.13. The summed E-state index contributed by atoms with van der Waals surface area (Å²) in [5.41, 5.74) is 0.998. The Morgan fingerprint density at radius 3 is 2.75 bits per heavy atom. The molecule has 1 rings (SSSR count). The summed E-state index contributed by atoms with van der Waals surface area (Å²) >= 11 is 0. The second kappa shape index (κ2) is 4.34. The quantitative estimate of drug-likeness (QED) is 0.648. The van der Waals surface area contributed by atoms with Crippen LogP contribution in [0.15, 0.2) is 30.3 Å². The molecular formula is C10H10NO. The van der Waals surface area contributed by atoms with Crippen LogP contribution in [0.2, 0.25) is 0 Å². The van der Waals surface area contributed by atoms with Gasteiger partial charge in [0.05, 0.1) is 0 Å². The number of nitrogens with one attached hydrogen (secondary N) is 1. The van der Waals surface area contributed by atoms with E-state index in [0.29, 0.717) is 0 Å². The van der Waals surface area contributed by atoms with Crippen molar-refractivity contribution >= 4 is 12.0 Å². The molecule has 1 N–H and O–H groups in total. The van der Waals surface area contributed by atoms with Crippen LogP contribution in [0.25, 0.3) is 6.08 Å². The number of carbonyl (C=O) groups excluding carboxylic acids is 1. The van der Waals surface area contributed by atoms with E-state index < -0.39 is 0 Å². The van der Waals surface area contributed by atoms with Crippen LogP contribution in [0.3, 0.4) is 0 Å². The minimum absolute atomic E-state index is 0.0946. The first-order valence-electron chi connectivity index (χ1n) is 3.69. The predicted octanol–water partition coefficient (Wildman–Crippen LogP) is 1.25. The Hall–Kier alpha value is -1.57. The molecule has 0 aliphatic heterocycles. The lowest BCUT2D eigenvalue weighted by molar-refractivity contribution is -0.115. The standard InChI is InChI=1S/C10H10NO/c1-11-10(12)8-7-9-5-3-2-4-6-9/h3-8H,1H3,(H,11,12). The lowest BCUT2D eigenvalue weighted by Gasteiger charge is -1.91. The van der Waals surface area contributed by atoms with E-state index in [0.717, 1.165) is 5.56 Å². The minimum atomic E-state index is -0.0946. The maximum atomic E-state index is 10.8. The Kier molecular flexibility index (Phi) is 3.08. The topological polar surface area (TPSA) is 29.1 Å². The molecule has 2 heteroatoms. The maximum Gasteiger partial charge on any atom is 0.243 e. The zero-order valence-electron chi connectivity index (χ0n) is 6.87. The van der Waals surface area contributed by atoms with E-state index in [1.165, 1.54) is 6.08 Å². The molecule has 0 heterocycles. The van der Waals surface area contributed by atoms with E-state index in [1.54, 1.807) is 13.1 Å². The number of benzene rings is 1. The van der Waals surface area contributed by atoms with Crippen molar-refractivity contribution in [2.45, 2.75) is 0 Å². The van der Waals surface area contributed by atoms with Crippen molar-refractivity contribution in [3.05, 3.63) is 42.0 Å². The van der Waals surface area contributed by atoms with Gasteiger partial charge in [0.25, 0.3) is 0 Å². The predicted molar refractivity (Wildman–Crippen MR) is 48.4 cm³/mol. The van der Waals surface area contributed by atoms with Gasteiger partial charge in [-0.15, -0.1) is 0 Å². The highest BCUT2D eigenvalue weighted by Crippen LogP contribution is 1.99. The third kappa shape index (κ3) is 2.58. The molecule has 2 nitrogen and oxygen atoms in total. The van der Waals surface area contributed by atoms with Crippen LogP contribution in [-0.4, -0.2) is 13.0 Å². The van der Waals surface area contributed by atoms with Gasteiger partial charge in [-0.1, -0.05) is 24.3 Å². The van der Waals surface area contributed by atoms with Crippen molar-refractivity contribution in [1.82, 2.24) is 5.32 Å². The fraction of sp³-hybridized carbons (Fsp3) is 0.100. The Morgan fingerprint density at radius 2 is 2.17 bits per heavy atom. The third-order valence-electron chi connectivity index (χ3n) is 1.42. The zero-order valence-corrected chi connectivity index (χ0v) is 6.87. The summed E-state index contributed by atoms with van der Waals surface area (Å²) < 4.78 is 0. The average Bonchev–Trinajstić information content (AvgIpc) is 2.16. The summed E-state index contributed by atoms with van der Waals surface area (Å²) in [6.07, 6.45) is 3.25. The van der Waals surface area contributed by atoms with E-state index in [1.807, 2.05) is 24.3 Å². The van der Waals surface area contributed by atoms with Crippen molar-refractivity contribution in [3.63, 3.8) is 0 Å². The molecular weight excluding hydrogens is 150 g/mol. The molecule has 0 bridgehead atoms. The van der Waals surface area contributed by atoms with Crippen LogP contribution in [0.5, 0.6) is 0 Å². The van der Waals surface area contributed by atoms with Crippen LogP contribution < -0.4 is 5.32 Å². The van der Waals surface area contributed by atoms with Gasteiger partial charge in [0, 0.05) is 13.1 Å². The van der Waals surface area contributed by atoms with Gasteiger partial charge in [0.2, 0.25) is 5.91 Å². The van der Waals surface area contributed by atoms with Crippen LogP contribution in [0, 0.1) is 6.07 Å². The second-order valence-corrected chi connectivity index (χ2v) is 2.28. The van der Waals surface area contributed by atoms with Gasteiger partial charge in [0.1, 0.15) is 0 Å². The largest absolute Gasteiger partial charge is 0.356 e. The zero-order chi connectivity index (χ0) is 8.81. The highest BCUT2D eigenvalue weighted by Gasteiger charge is 1.87. The number of amides is 1. The number of likely N-dealkylation sites (N-methyl/N-ethyl adjacent to an activating group) is 1. The van der Waals surface area contributed by atoms with Crippen molar-refractivity contribution in [3.8, 4) is 0 Å². The molecule has 61 valence electrons. The molecule has 0 aromatic heterocycles. The number of hydrogen-bond acceptors (Lipinski definition) is 1. The summed E-state index contributed by atoms with van der Waals surface area (Å²) in [5, 5.41) is 2.50. The third-order valence-corrected chi connectivity index (χ3v) is 1.42. The molecule has 1 aromatic rings. The maximum absolute atomic E-state index is 10.8. The number of hydrogen-bond donors (Lipinski definition) is 1. The Labute approximate surface area is 71.9 Å².